The SMILES string of the molecule is Cc1cnc2ccc(N3CCN(C(=O)[C@@H](N)CC(C)C)CC3)nn12. The van der Waals surface area contributed by atoms with Crippen LogP contribution in [-0.2, 0) is 4.79 Å². The second-order valence-corrected chi connectivity index (χ2v) is 6.91. The number of aryl methyl sites for hydroxylation is 1. The summed E-state index contributed by atoms with van der Waals surface area (Å²) in [5.74, 6) is 1.42. The number of hydrogen-bond donors (Lipinski definition) is 1. The largest absolute Gasteiger partial charge is 0.352 e. The molecule has 1 atom stereocenters. The van der Waals surface area contributed by atoms with Crippen LogP contribution < -0.4 is 10.6 Å². The first-order valence-electron chi connectivity index (χ1n) is 8.56. The third kappa shape index (κ3) is 3.36. The molecule has 2 aromatic rings. The van der Waals surface area contributed by atoms with Crippen molar-refractivity contribution in [2.45, 2.75) is 33.2 Å². The molecule has 7 heteroatoms. The Labute approximate surface area is 142 Å². The first-order chi connectivity index (χ1) is 11.5. The summed E-state index contributed by atoms with van der Waals surface area (Å²) in [5, 5.41) is 4.65. The third-order valence-electron chi connectivity index (χ3n) is 4.48. The Bertz CT molecular complexity index is 717. The molecule has 0 bridgehead atoms. The summed E-state index contributed by atoms with van der Waals surface area (Å²) >= 11 is 0. The van der Waals surface area contributed by atoms with Gasteiger partial charge >= 0.3 is 0 Å². The zero-order valence-corrected chi connectivity index (χ0v) is 14.6. The number of nitrogens with zero attached hydrogens (tertiary/aromatic N) is 5. The number of piperazine rings is 1. The molecule has 0 radical (unpaired) electrons. The van der Waals surface area contributed by atoms with E-state index < -0.39 is 0 Å². The predicted octanol–water partition coefficient (Wildman–Crippen LogP) is 1.06. The Kier molecular flexibility index (Phi) is 4.71. The quantitative estimate of drug-likeness (QED) is 0.907. The summed E-state index contributed by atoms with van der Waals surface area (Å²) in [5.41, 5.74) is 7.90. The van der Waals surface area contributed by atoms with Gasteiger partial charge in [0.1, 0.15) is 5.82 Å². The van der Waals surface area contributed by atoms with Gasteiger partial charge in [-0.2, -0.15) is 0 Å². The van der Waals surface area contributed by atoms with Gasteiger partial charge in [-0.25, -0.2) is 9.50 Å². The maximum Gasteiger partial charge on any atom is 0.239 e. The van der Waals surface area contributed by atoms with Gasteiger partial charge in [-0.15, -0.1) is 5.10 Å². The maximum atomic E-state index is 12.4. The summed E-state index contributed by atoms with van der Waals surface area (Å²) in [6.45, 7) is 9.08. The second kappa shape index (κ2) is 6.76. The van der Waals surface area contributed by atoms with Crippen LogP contribution in [0.15, 0.2) is 18.3 Å². The number of fused-ring (bicyclic) bond motifs is 1. The average Bonchev–Trinajstić information content (AvgIpc) is 2.94. The monoisotopic (exact) mass is 330 g/mol. The van der Waals surface area contributed by atoms with Crippen LogP contribution in [0.3, 0.4) is 0 Å². The molecule has 1 fully saturated rings. The molecule has 3 heterocycles. The predicted molar refractivity (Wildman–Crippen MR) is 93.9 cm³/mol. The van der Waals surface area contributed by atoms with Crippen LogP contribution in [0.25, 0.3) is 5.65 Å². The Balaban J connectivity index is 1.63. The van der Waals surface area contributed by atoms with Gasteiger partial charge in [0.25, 0.3) is 0 Å². The van der Waals surface area contributed by atoms with Crippen LogP contribution in [0.5, 0.6) is 0 Å². The van der Waals surface area contributed by atoms with Gasteiger partial charge in [-0.05, 0) is 31.4 Å². The van der Waals surface area contributed by atoms with E-state index >= 15 is 0 Å². The van der Waals surface area contributed by atoms with Crippen molar-refractivity contribution in [1.82, 2.24) is 19.5 Å². The van der Waals surface area contributed by atoms with E-state index in [1.54, 1.807) is 0 Å². The fourth-order valence-electron chi connectivity index (χ4n) is 3.15. The lowest BCUT2D eigenvalue weighted by Crippen LogP contribution is -2.53. The third-order valence-corrected chi connectivity index (χ3v) is 4.48. The zero-order valence-electron chi connectivity index (χ0n) is 14.6. The second-order valence-electron chi connectivity index (χ2n) is 6.91. The molecule has 0 unspecified atom stereocenters. The van der Waals surface area contributed by atoms with Gasteiger partial charge in [0.15, 0.2) is 5.65 Å². The van der Waals surface area contributed by atoms with E-state index in [-0.39, 0.29) is 11.9 Å². The van der Waals surface area contributed by atoms with Crippen molar-refractivity contribution >= 4 is 17.4 Å². The highest BCUT2D eigenvalue weighted by Crippen LogP contribution is 2.16. The van der Waals surface area contributed by atoms with Crippen LogP contribution >= 0.6 is 0 Å². The number of anilines is 1. The standard InChI is InChI=1S/C17H26N6O/c1-12(2)10-14(18)17(24)22-8-6-21(7-9-22)16-5-4-15-19-11-13(3)23(15)20-16/h4-5,11-12,14H,6-10,18H2,1-3H3/t14-/m0/s1. The Morgan fingerprint density at radius 2 is 1.96 bits per heavy atom. The molecule has 24 heavy (non-hydrogen) atoms. The number of carbonyl (C=O) groups excluding carboxylic acids is 1. The molecule has 3 rings (SSSR count). The van der Waals surface area contributed by atoms with E-state index in [0.717, 1.165) is 36.7 Å². The summed E-state index contributed by atoms with van der Waals surface area (Å²) < 4.78 is 1.85. The van der Waals surface area contributed by atoms with Gasteiger partial charge in [0, 0.05) is 26.2 Å². The molecule has 0 aliphatic carbocycles. The molecule has 2 aromatic heterocycles. The number of amides is 1. The van der Waals surface area contributed by atoms with Crippen molar-refractivity contribution < 1.29 is 4.79 Å². The number of aromatic nitrogens is 3. The Morgan fingerprint density at radius 1 is 1.25 bits per heavy atom. The highest BCUT2D eigenvalue weighted by atomic mass is 16.2. The van der Waals surface area contributed by atoms with Crippen molar-refractivity contribution in [3.05, 3.63) is 24.0 Å². The minimum Gasteiger partial charge on any atom is -0.352 e. The lowest BCUT2D eigenvalue weighted by Gasteiger charge is -2.36. The molecule has 7 nitrogen and oxygen atoms in total. The first kappa shape index (κ1) is 16.7. The van der Waals surface area contributed by atoms with E-state index in [0.29, 0.717) is 19.0 Å². The van der Waals surface area contributed by atoms with Crippen LogP contribution in [0.1, 0.15) is 26.0 Å². The average molecular weight is 330 g/mol. The van der Waals surface area contributed by atoms with Crippen LogP contribution in [0.2, 0.25) is 0 Å². The summed E-state index contributed by atoms with van der Waals surface area (Å²) in [6, 6.07) is 3.58. The summed E-state index contributed by atoms with van der Waals surface area (Å²) in [7, 11) is 0. The molecular weight excluding hydrogens is 304 g/mol. The molecule has 2 N–H and O–H groups in total. The number of hydrogen-bond acceptors (Lipinski definition) is 5. The van der Waals surface area contributed by atoms with E-state index in [9.17, 15) is 4.79 Å². The molecule has 0 aromatic carbocycles. The lowest BCUT2D eigenvalue weighted by atomic mass is 10.0. The molecule has 1 aliphatic rings. The first-order valence-corrected chi connectivity index (χ1v) is 8.56. The minimum atomic E-state index is -0.389. The lowest BCUT2D eigenvalue weighted by molar-refractivity contribution is -0.133. The molecule has 0 saturated carbocycles. The van der Waals surface area contributed by atoms with Crippen molar-refractivity contribution in [2.24, 2.45) is 11.7 Å². The number of nitrogens with two attached hydrogens (primary N) is 1. The maximum absolute atomic E-state index is 12.4. The molecule has 1 aliphatic heterocycles. The number of imidazole rings is 1. The van der Waals surface area contributed by atoms with Crippen LogP contribution in [0, 0.1) is 12.8 Å². The summed E-state index contributed by atoms with van der Waals surface area (Å²) in [6.07, 6.45) is 2.55. The van der Waals surface area contributed by atoms with Gasteiger partial charge in [0.2, 0.25) is 5.91 Å². The van der Waals surface area contributed by atoms with Crippen molar-refractivity contribution in [3.8, 4) is 0 Å². The topological polar surface area (TPSA) is 79.8 Å². The zero-order chi connectivity index (χ0) is 17.3. The molecular formula is C17H26N6O. The summed E-state index contributed by atoms with van der Waals surface area (Å²) in [4.78, 5) is 20.8. The number of rotatable bonds is 4. The van der Waals surface area contributed by atoms with Crippen LogP contribution in [0.4, 0.5) is 5.82 Å². The smallest absolute Gasteiger partial charge is 0.239 e. The number of carbonyl (C=O) groups is 1. The highest BCUT2D eigenvalue weighted by Gasteiger charge is 2.26. The van der Waals surface area contributed by atoms with Crippen molar-refractivity contribution in [3.63, 3.8) is 0 Å². The molecule has 0 spiro atoms. The normalized spacial score (nSPS) is 16.9. The fourth-order valence-corrected chi connectivity index (χ4v) is 3.15. The van der Waals surface area contributed by atoms with E-state index in [2.05, 4.69) is 28.8 Å². The van der Waals surface area contributed by atoms with Gasteiger partial charge in [0.05, 0.1) is 17.9 Å². The molecule has 130 valence electrons. The molecule has 1 amide bonds. The van der Waals surface area contributed by atoms with Crippen LogP contribution in [-0.4, -0.2) is 57.6 Å². The van der Waals surface area contributed by atoms with Crippen molar-refractivity contribution in [2.75, 3.05) is 31.1 Å². The van der Waals surface area contributed by atoms with E-state index in [1.807, 2.05) is 34.7 Å². The van der Waals surface area contributed by atoms with Gasteiger partial charge in [-0.3, -0.25) is 4.79 Å². The van der Waals surface area contributed by atoms with Gasteiger partial charge in [-0.1, -0.05) is 13.8 Å². The fraction of sp³-hybridized carbons (Fsp3) is 0.588. The van der Waals surface area contributed by atoms with Crippen molar-refractivity contribution in [1.29, 1.82) is 0 Å². The Morgan fingerprint density at radius 3 is 2.62 bits per heavy atom. The highest BCUT2D eigenvalue weighted by molar-refractivity contribution is 5.81. The molecule has 1 saturated heterocycles. The minimum absolute atomic E-state index is 0.0669. The van der Waals surface area contributed by atoms with E-state index in [4.69, 9.17) is 5.73 Å². The Hall–Kier alpha value is -2.15. The van der Waals surface area contributed by atoms with Gasteiger partial charge < -0.3 is 15.5 Å². The van der Waals surface area contributed by atoms with E-state index in [1.165, 1.54) is 0 Å².